The number of methoxy groups -OCH3 is 1. The number of rotatable bonds is 2. The van der Waals surface area contributed by atoms with Gasteiger partial charge in [0.2, 0.25) is 0 Å². The Hall–Kier alpha value is -4.23. The molecule has 56 heavy (non-hydrogen) atoms. The molecule has 14 heteroatoms. The van der Waals surface area contributed by atoms with Gasteiger partial charge in [-0.15, -0.1) is 4.36 Å². The van der Waals surface area contributed by atoms with Gasteiger partial charge in [-0.2, -0.15) is 0 Å². The number of piperazine rings is 1. The third-order valence-corrected chi connectivity index (χ3v) is 13.0. The number of anilines is 1. The highest BCUT2D eigenvalue weighted by molar-refractivity contribution is 7.92. The number of nitrogens with zero attached hydrogens (tertiary/aromatic N) is 4. The third kappa shape index (κ3) is 9.82. The zero-order valence-corrected chi connectivity index (χ0v) is 35.0. The zero-order chi connectivity index (χ0) is 40.2. The summed E-state index contributed by atoms with van der Waals surface area (Å²) in [5.74, 6) is 1.30. The summed E-state index contributed by atoms with van der Waals surface area (Å²) in [4.78, 5) is 46.0. The number of fused-ring (bicyclic) bond motifs is 3. The fourth-order valence-corrected chi connectivity index (χ4v) is 9.77. The molecular weight excluding hydrogens is 754 g/mol. The van der Waals surface area contributed by atoms with Gasteiger partial charge in [0.15, 0.2) is 0 Å². The van der Waals surface area contributed by atoms with Gasteiger partial charge in [-0.05, 0) is 120 Å². The monoisotopic (exact) mass is 809 g/mol. The van der Waals surface area contributed by atoms with Gasteiger partial charge < -0.3 is 28.9 Å². The molecule has 3 heterocycles. The summed E-state index contributed by atoms with van der Waals surface area (Å²) in [5, 5.41) is 0.695. The standard InChI is InChI=1S/C42H56ClN5O7S/c1-28-25-46(19-20-48(28)41(51)55-42(3,4)5)40(50)45-56(52)22-12-8-7-9-14-34-35(29(2)38(34)53-6)27-47-26-32-15-17-33(43)23-30(32)13-10-11-21-54-37-18-16-31(24-36(37)47)39(49)44-56/h7,9,15-18,23-24,28,34-35H,8,10-14,19-22,25-27H2,1-6H3,(H,44,45,49,50,52)/b9-7+/t28-,34+,35-,56?/m1/s1. The minimum Gasteiger partial charge on any atom is -0.501 e. The van der Waals surface area contributed by atoms with E-state index in [9.17, 15) is 18.6 Å². The van der Waals surface area contributed by atoms with Crippen molar-refractivity contribution in [1.82, 2.24) is 14.5 Å². The molecule has 12 nitrogen and oxygen atoms in total. The minimum absolute atomic E-state index is 0.0177. The van der Waals surface area contributed by atoms with Crippen LogP contribution in [0.4, 0.5) is 15.3 Å². The Balaban J connectivity index is 1.34. The van der Waals surface area contributed by atoms with Gasteiger partial charge in [0, 0.05) is 61.2 Å². The van der Waals surface area contributed by atoms with Crippen LogP contribution in [-0.2, 0) is 32.4 Å². The van der Waals surface area contributed by atoms with E-state index in [1.54, 1.807) is 51.0 Å². The smallest absolute Gasteiger partial charge is 0.410 e. The van der Waals surface area contributed by atoms with E-state index in [1.165, 1.54) is 16.0 Å². The fourth-order valence-electron chi connectivity index (χ4n) is 8.00. The van der Waals surface area contributed by atoms with E-state index >= 15 is 0 Å². The Bertz CT molecular complexity index is 2000. The number of amides is 4. The molecule has 0 radical (unpaired) electrons. The van der Waals surface area contributed by atoms with Crippen molar-refractivity contribution in [2.75, 3.05) is 50.5 Å². The topological polar surface area (TPSA) is 130 Å². The first-order valence-corrected chi connectivity index (χ1v) is 21.7. The Kier molecular flexibility index (Phi) is 12.9. The van der Waals surface area contributed by atoms with Crippen LogP contribution >= 0.6 is 11.6 Å². The summed E-state index contributed by atoms with van der Waals surface area (Å²) in [5.41, 5.74) is 3.87. The lowest BCUT2D eigenvalue weighted by Crippen LogP contribution is -2.58. The second-order valence-electron chi connectivity index (χ2n) is 16.2. The summed E-state index contributed by atoms with van der Waals surface area (Å²) in [6, 6.07) is 10.3. The highest BCUT2D eigenvalue weighted by Crippen LogP contribution is 2.45. The fraction of sp³-hybridized carbons (Fsp3) is 0.548. The van der Waals surface area contributed by atoms with Crippen molar-refractivity contribution >= 4 is 45.2 Å². The number of aryl methyl sites for hydroxylation is 1. The van der Waals surface area contributed by atoms with Crippen LogP contribution in [0.2, 0.25) is 5.02 Å². The van der Waals surface area contributed by atoms with Gasteiger partial charge in [-0.3, -0.25) is 9.52 Å². The van der Waals surface area contributed by atoms with Crippen molar-refractivity contribution in [2.45, 2.75) is 91.3 Å². The molecule has 4 amide bonds. The van der Waals surface area contributed by atoms with Crippen molar-refractivity contribution in [3.8, 4) is 5.75 Å². The number of carbonyl (C=O) groups excluding carboxylic acids is 3. The molecule has 3 aliphatic heterocycles. The molecule has 2 aromatic carbocycles. The van der Waals surface area contributed by atoms with E-state index < -0.39 is 33.5 Å². The number of allylic oxidation sites excluding steroid dienone is 3. The molecule has 1 fully saturated rings. The molecular formula is C42H56ClN5O7S. The molecule has 1 aliphatic carbocycles. The first-order valence-electron chi connectivity index (χ1n) is 19.7. The number of halogens is 1. The number of ether oxygens (including phenoxy) is 3. The van der Waals surface area contributed by atoms with Crippen molar-refractivity contribution in [3.05, 3.63) is 81.6 Å². The molecule has 2 aromatic rings. The molecule has 2 bridgehead atoms. The molecule has 0 saturated carbocycles. The van der Waals surface area contributed by atoms with Gasteiger partial charge in [-0.1, -0.05) is 29.8 Å². The molecule has 0 spiro atoms. The summed E-state index contributed by atoms with van der Waals surface area (Å²) >= 11 is 6.49. The predicted molar refractivity (Wildman–Crippen MR) is 219 cm³/mol. The first-order chi connectivity index (χ1) is 26.6. The maximum atomic E-state index is 14.6. The van der Waals surface area contributed by atoms with Crippen LogP contribution in [0.25, 0.3) is 0 Å². The maximum absolute atomic E-state index is 14.6. The summed E-state index contributed by atoms with van der Waals surface area (Å²) in [7, 11) is -1.84. The van der Waals surface area contributed by atoms with Crippen LogP contribution in [-0.4, -0.2) is 89.3 Å². The minimum atomic E-state index is -3.56. The van der Waals surface area contributed by atoms with Gasteiger partial charge in [0.1, 0.15) is 21.3 Å². The number of hydrogen-bond acceptors (Lipinski definition) is 8. The van der Waals surface area contributed by atoms with E-state index in [2.05, 4.69) is 39.1 Å². The van der Waals surface area contributed by atoms with Crippen molar-refractivity contribution < 1.29 is 32.8 Å². The lowest BCUT2D eigenvalue weighted by atomic mass is 9.71. The molecule has 6 rings (SSSR count). The highest BCUT2D eigenvalue weighted by Gasteiger charge is 2.40. The second-order valence-corrected chi connectivity index (χ2v) is 18.7. The first kappa shape index (κ1) is 41.4. The van der Waals surface area contributed by atoms with Crippen molar-refractivity contribution in [2.24, 2.45) is 16.2 Å². The molecule has 4 aliphatic rings. The molecule has 0 aromatic heterocycles. The molecule has 304 valence electrons. The summed E-state index contributed by atoms with van der Waals surface area (Å²) in [6.07, 6.45) is 8.20. The average molecular weight is 810 g/mol. The maximum Gasteiger partial charge on any atom is 0.410 e. The van der Waals surface area contributed by atoms with Crippen LogP contribution in [0.5, 0.6) is 5.75 Å². The number of carbonyl (C=O) groups is 3. The Morgan fingerprint density at radius 3 is 2.57 bits per heavy atom. The molecule has 1 N–H and O–H groups in total. The Morgan fingerprint density at radius 1 is 1.02 bits per heavy atom. The van der Waals surface area contributed by atoms with E-state index in [-0.39, 0.29) is 48.8 Å². The Morgan fingerprint density at radius 2 is 1.82 bits per heavy atom. The van der Waals surface area contributed by atoms with Crippen LogP contribution in [0.15, 0.2) is 64.2 Å². The average Bonchev–Trinajstić information content (AvgIpc) is 3.16. The molecule has 4 atom stereocenters. The van der Waals surface area contributed by atoms with Gasteiger partial charge in [0.05, 0.1) is 30.9 Å². The number of nitrogens with one attached hydrogen (secondary N) is 1. The summed E-state index contributed by atoms with van der Waals surface area (Å²) < 4.78 is 39.3. The van der Waals surface area contributed by atoms with E-state index in [0.717, 1.165) is 42.7 Å². The van der Waals surface area contributed by atoms with Gasteiger partial charge in [0.25, 0.3) is 5.91 Å². The second kappa shape index (κ2) is 17.5. The normalized spacial score (nSPS) is 25.6. The Labute approximate surface area is 336 Å². The van der Waals surface area contributed by atoms with Crippen LogP contribution < -0.4 is 14.4 Å². The van der Waals surface area contributed by atoms with Crippen LogP contribution in [0.1, 0.15) is 88.2 Å². The lowest BCUT2D eigenvalue weighted by molar-refractivity contribution is 0.00552. The zero-order valence-electron chi connectivity index (χ0n) is 33.5. The molecule has 1 unspecified atom stereocenters. The summed E-state index contributed by atoms with van der Waals surface area (Å²) in [6.45, 7) is 11.7. The van der Waals surface area contributed by atoms with Crippen LogP contribution in [0, 0.1) is 11.8 Å². The lowest BCUT2D eigenvalue weighted by Gasteiger charge is -2.42. The van der Waals surface area contributed by atoms with E-state index in [4.69, 9.17) is 25.8 Å². The largest absolute Gasteiger partial charge is 0.501 e. The molecule has 1 saturated heterocycles. The predicted octanol–water partition coefficient (Wildman–Crippen LogP) is 8.14. The quantitative estimate of drug-likeness (QED) is 0.301. The van der Waals surface area contributed by atoms with E-state index in [0.29, 0.717) is 43.3 Å². The number of hydrogen-bond donors (Lipinski definition) is 1. The number of benzene rings is 2. The number of urea groups is 1. The van der Waals surface area contributed by atoms with Gasteiger partial charge >= 0.3 is 12.1 Å². The van der Waals surface area contributed by atoms with Crippen LogP contribution in [0.3, 0.4) is 0 Å². The third-order valence-electron chi connectivity index (χ3n) is 10.9. The SMILES string of the molecule is COC1=C(C)[C@H]2CN3Cc4ccc(Cl)cc4CCCCOc4ccc(cc43)C(=O)N=S(=O)(NC(=O)N3CCN(C(=O)OC(C)(C)C)[C@H](C)C3)CCC/C=C/C[C@H]12. The van der Waals surface area contributed by atoms with Crippen molar-refractivity contribution in [1.29, 1.82) is 0 Å². The van der Waals surface area contributed by atoms with Gasteiger partial charge in [-0.25, -0.2) is 13.8 Å². The van der Waals surface area contributed by atoms with Crippen molar-refractivity contribution in [3.63, 3.8) is 0 Å². The highest BCUT2D eigenvalue weighted by atomic mass is 35.5. The van der Waals surface area contributed by atoms with E-state index in [1.807, 2.05) is 19.1 Å².